The van der Waals surface area contributed by atoms with E-state index in [0.717, 1.165) is 18.2 Å². The molecule has 2 heteroatoms. The summed E-state index contributed by atoms with van der Waals surface area (Å²) < 4.78 is 0. The third-order valence-electron chi connectivity index (χ3n) is 3.39. The molecule has 16 heavy (non-hydrogen) atoms. The lowest BCUT2D eigenvalue weighted by atomic mass is 9.95. The lowest BCUT2D eigenvalue weighted by molar-refractivity contribution is 0.165. The summed E-state index contributed by atoms with van der Waals surface area (Å²) in [6.45, 7) is 3.64. The van der Waals surface area contributed by atoms with Gasteiger partial charge in [-0.05, 0) is 43.0 Å². The Kier molecular flexibility index (Phi) is 4.73. The standard InChI is InChI=1S/C14H21NS/c16-10-8-14-7-4-9-15(12-14)11-13-5-2-1-3-6-13/h1-3,5-6,14,16H,4,7-12H2/t14-/m0/s1. The minimum atomic E-state index is 0.870. The number of hydrogen-bond acceptors (Lipinski definition) is 2. The zero-order valence-electron chi connectivity index (χ0n) is 9.81. The Morgan fingerprint density at radius 3 is 2.81 bits per heavy atom. The van der Waals surface area contributed by atoms with Gasteiger partial charge in [0.25, 0.3) is 0 Å². The van der Waals surface area contributed by atoms with Gasteiger partial charge >= 0.3 is 0 Å². The van der Waals surface area contributed by atoms with Crippen molar-refractivity contribution in [1.29, 1.82) is 0 Å². The van der Waals surface area contributed by atoms with Crippen molar-refractivity contribution in [2.75, 3.05) is 18.8 Å². The van der Waals surface area contributed by atoms with E-state index in [0.29, 0.717) is 0 Å². The SMILES string of the molecule is SCC[C@@H]1CCCN(Cc2ccccc2)C1. The van der Waals surface area contributed by atoms with Gasteiger partial charge in [-0.3, -0.25) is 4.90 Å². The Hall–Kier alpha value is -0.470. The van der Waals surface area contributed by atoms with Crippen LogP contribution in [0.15, 0.2) is 30.3 Å². The highest BCUT2D eigenvalue weighted by molar-refractivity contribution is 7.80. The molecule has 1 aromatic rings. The van der Waals surface area contributed by atoms with Crippen LogP contribution in [0, 0.1) is 5.92 Å². The molecule has 1 aromatic carbocycles. The lowest BCUT2D eigenvalue weighted by Gasteiger charge is -2.32. The van der Waals surface area contributed by atoms with Crippen LogP contribution >= 0.6 is 12.6 Å². The molecule has 1 aliphatic heterocycles. The molecule has 0 spiro atoms. The Morgan fingerprint density at radius 2 is 2.06 bits per heavy atom. The molecule has 1 aliphatic rings. The predicted octanol–water partition coefficient (Wildman–Crippen LogP) is 3.22. The van der Waals surface area contributed by atoms with Crippen molar-refractivity contribution in [2.45, 2.75) is 25.8 Å². The maximum atomic E-state index is 4.34. The average Bonchev–Trinajstić information content (AvgIpc) is 2.31. The molecular formula is C14H21NS. The Bertz CT molecular complexity index is 297. The van der Waals surface area contributed by atoms with Crippen LogP contribution in [-0.2, 0) is 6.54 Å². The molecule has 0 radical (unpaired) electrons. The van der Waals surface area contributed by atoms with Crippen molar-refractivity contribution in [1.82, 2.24) is 4.90 Å². The molecule has 0 amide bonds. The molecule has 1 heterocycles. The van der Waals surface area contributed by atoms with Gasteiger partial charge in [-0.1, -0.05) is 30.3 Å². The van der Waals surface area contributed by atoms with Gasteiger partial charge < -0.3 is 0 Å². The molecule has 0 bridgehead atoms. The third-order valence-corrected chi connectivity index (χ3v) is 3.65. The smallest absolute Gasteiger partial charge is 0.0233 e. The topological polar surface area (TPSA) is 3.24 Å². The van der Waals surface area contributed by atoms with Crippen molar-refractivity contribution in [2.24, 2.45) is 5.92 Å². The van der Waals surface area contributed by atoms with Crippen LogP contribution in [0.2, 0.25) is 0 Å². The van der Waals surface area contributed by atoms with Gasteiger partial charge in [0.05, 0.1) is 0 Å². The molecule has 0 N–H and O–H groups in total. The van der Waals surface area contributed by atoms with E-state index >= 15 is 0 Å². The largest absolute Gasteiger partial charge is 0.299 e. The van der Waals surface area contributed by atoms with Gasteiger partial charge in [-0.2, -0.15) is 12.6 Å². The first-order valence-corrected chi connectivity index (χ1v) is 6.89. The summed E-state index contributed by atoms with van der Waals surface area (Å²) >= 11 is 4.34. The number of hydrogen-bond donors (Lipinski definition) is 1. The molecule has 2 rings (SSSR count). The number of rotatable bonds is 4. The van der Waals surface area contributed by atoms with Crippen LogP contribution in [-0.4, -0.2) is 23.7 Å². The van der Waals surface area contributed by atoms with Crippen LogP contribution in [0.25, 0.3) is 0 Å². The number of piperidine rings is 1. The quantitative estimate of drug-likeness (QED) is 0.784. The van der Waals surface area contributed by atoms with E-state index in [2.05, 4.69) is 47.9 Å². The fraction of sp³-hybridized carbons (Fsp3) is 0.571. The molecule has 88 valence electrons. The fourth-order valence-electron chi connectivity index (χ4n) is 2.55. The minimum Gasteiger partial charge on any atom is -0.299 e. The second-order valence-electron chi connectivity index (χ2n) is 4.74. The Morgan fingerprint density at radius 1 is 1.25 bits per heavy atom. The van der Waals surface area contributed by atoms with E-state index in [1.807, 2.05) is 0 Å². The molecule has 1 fully saturated rings. The fourth-order valence-corrected chi connectivity index (χ4v) is 2.92. The van der Waals surface area contributed by atoms with E-state index in [1.165, 1.54) is 37.9 Å². The van der Waals surface area contributed by atoms with Crippen molar-refractivity contribution in [3.63, 3.8) is 0 Å². The van der Waals surface area contributed by atoms with Crippen LogP contribution in [0.3, 0.4) is 0 Å². The van der Waals surface area contributed by atoms with Crippen LogP contribution in [0.4, 0.5) is 0 Å². The van der Waals surface area contributed by atoms with E-state index < -0.39 is 0 Å². The molecule has 0 unspecified atom stereocenters. The van der Waals surface area contributed by atoms with Crippen LogP contribution in [0.1, 0.15) is 24.8 Å². The molecule has 0 aliphatic carbocycles. The second kappa shape index (κ2) is 6.31. The maximum Gasteiger partial charge on any atom is 0.0233 e. The van der Waals surface area contributed by atoms with Crippen molar-refractivity contribution in [3.8, 4) is 0 Å². The summed E-state index contributed by atoms with van der Waals surface area (Å²) in [5.41, 5.74) is 1.44. The first-order valence-electron chi connectivity index (χ1n) is 6.25. The Labute approximate surface area is 104 Å². The molecule has 1 saturated heterocycles. The highest BCUT2D eigenvalue weighted by Gasteiger charge is 2.18. The normalized spacial score (nSPS) is 22.2. The second-order valence-corrected chi connectivity index (χ2v) is 5.19. The molecule has 1 atom stereocenters. The van der Waals surface area contributed by atoms with Crippen LogP contribution < -0.4 is 0 Å². The summed E-state index contributed by atoms with van der Waals surface area (Å²) in [5.74, 6) is 1.90. The minimum absolute atomic E-state index is 0.870. The zero-order chi connectivity index (χ0) is 11.2. The number of thiol groups is 1. The molecule has 0 saturated carbocycles. The van der Waals surface area contributed by atoms with Crippen LogP contribution in [0.5, 0.6) is 0 Å². The average molecular weight is 235 g/mol. The van der Waals surface area contributed by atoms with E-state index in [9.17, 15) is 0 Å². The summed E-state index contributed by atoms with van der Waals surface area (Å²) in [7, 11) is 0. The van der Waals surface area contributed by atoms with Crippen molar-refractivity contribution >= 4 is 12.6 Å². The summed E-state index contributed by atoms with van der Waals surface area (Å²) in [5, 5.41) is 0. The predicted molar refractivity (Wildman–Crippen MR) is 72.9 cm³/mol. The molecule has 0 aromatic heterocycles. The summed E-state index contributed by atoms with van der Waals surface area (Å²) in [4.78, 5) is 2.59. The zero-order valence-corrected chi connectivity index (χ0v) is 10.7. The first kappa shape index (κ1) is 12.0. The highest BCUT2D eigenvalue weighted by Crippen LogP contribution is 2.21. The third kappa shape index (κ3) is 3.53. The van der Waals surface area contributed by atoms with Crippen molar-refractivity contribution < 1.29 is 0 Å². The summed E-state index contributed by atoms with van der Waals surface area (Å²) in [6, 6.07) is 10.8. The lowest BCUT2D eigenvalue weighted by Crippen LogP contribution is -2.35. The van der Waals surface area contributed by atoms with E-state index in [-0.39, 0.29) is 0 Å². The number of nitrogens with zero attached hydrogens (tertiary/aromatic N) is 1. The first-order chi connectivity index (χ1) is 7.88. The van der Waals surface area contributed by atoms with Gasteiger partial charge in [0.1, 0.15) is 0 Å². The monoisotopic (exact) mass is 235 g/mol. The van der Waals surface area contributed by atoms with E-state index in [4.69, 9.17) is 0 Å². The van der Waals surface area contributed by atoms with Gasteiger partial charge in [0.2, 0.25) is 0 Å². The van der Waals surface area contributed by atoms with E-state index in [1.54, 1.807) is 0 Å². The number of likely N-dealkylation sites (tertiary alicyclic amines) is 1. The highest BCUT2D eigenvalue weighted by atomic mass is 32.1. The molecule has 1 nitrogen and oxygen atoms in total. The summed E-state index contributed by atoms with van der Waals surface area (Å²) in [6.07, 6.45) is 4.02. The number of benzene rings is 1. The van der Waals surface area contributed by atoms with Gasteiger partial charge in [-0.15, -0.1) is 0 Å². The van der Waals surface area contributed by atoms with Crippen molar-refractivity contribution in [3.05, 3.63) is 35.9 Å². The van der Waals surface area contributed by atoms with Gasteiger partial charge in [0, 0.05) is 13.1 Å². The Balaban J connectivity index is 1.85. The van der Waals surface area contributed by atoms with Gasteiger partial charge in [-0.25, -0.2) is 0 Å². The van der Waals surface area contributed by atoms with Gasteiger partial charge in [0.15, 0.2) is 0 Å². The molecular weight excluding hydrogens is 214 g/mol. The maximum absolute atomic E-state index is 4.34.